The average Bonchev–Trinajstić information content (AvgIpc) is 2.42. The van der Waals surface area contributed by atoms with Gasteiger partial charge in [0.15, 0.2) is 0 Å². The molecule has 2 N–H and O–H groups in total. The van der Waals surface area contributed by atoms with Crippen molar-refractivity contribution in [3.05, 3.63) is 40.6 Å². The van der Waals surface area contributed by atoms with E-state index in [0.717, 1.165) is 22.4 Å². The molecule has 21 heavy (non-hydrogen) atoms. The Bertz CT molecular complexity index is 624. The molecule has 1 aromatic carbocycles. The van der Waals surface area contributed by atoms with Gasteiger partial charge in [0.2, 0.25) is 0 Å². The standard InChI is InChI=1S/C16H18N4O/c1-11-7-12(2)15(13(3)8-11)20-16(21)14(9-18)10-19-6-4-5-17/h7-8,10,19H,4,6H2,1-3H3,(H,20,21)/b14-10-. The molecule has 0 spiro atoms. The summed E-state index contributed by atoms with van der Waals surface area (Å²) in [5, 5.41) is 23.0. The van der Waals surface area contributed by atoms with Crippen molar-refractivity contribution in [2.45, 2.75) is 27.2 Å². The van der Waals surface area contributed by atoms with Crippen LogP contribution in [0.3, 0.4) is 0 Å². The van der Waals surface area contributed by atoms with Crippen molar-refractivity contribution < 1.29 is 4.79 Å². The monoisotopic (exact) mass is 282 g/mol. The number of hydrogen-bond donors (Lipinski definition) is 2. The average molecular weight is 282 g/mol. The maximum Gasteiger partial charge on any atom is 0.267 e. The Kier molecular flexibility index (Phi) is 5.98. The van der Waals surface area contributed by atoms with Crippen molar-refractivity contribution in [1.29, 1.82) is 10.5 Å². The van der Waals surface area contributed by atoms with Crippen molar-refractivity contribution in [2.75, 3.05) is 11.9 Å². The number of rotatable bonds is 5. The lowest BCUT2D eigenvalue weighted by molar-refractivity contribution is -0.112. The van der Waals surface area contributed by atoms with Crippen LogP contribution in [-0.4, -0.2) is 12.5 Å². The second-order valence-electron chi connectivity index (χ2n) is 4.76. The van der Waals surface area contributed by atoms with Crippen LogP contribution in [0.1, 0.15) is 23.1 Å². The first kappa shape index (κ1) is 16.3. The van der Waals surface area contributed by atoms with E-state index in [1.807, 2.05) is 45.0 Å². The number of anilines is 1. The Balaban J connectivity index is 2.85. The quantitative estimate of drug-likeness (QED) is 0.493. The highest BCUT2D eigenvalue weighted by atomic mass is 16.1. The van der Waals surface area contributed by atoms with Crippen molar-refractivity contribution in [3.63, 3.8) is 0 Å². The van der Waals surface area contributed by atoms with Crippen LogP contribution in [0.15, 0.2) is 23.9 Å². The summed E-state index contributed by atoms with van der Waals surface area (Å²) in [4.78, 5) is 12.1. The molecule has 0 aromatic heterocycles. The minimum Gasteiger partial charge on any atom is -0.389 e. The second kappa shape index (κ2) is 7.72. The van der Waals surface area contributed by atoms with Gasteiger partial charge in [-0.1, -0.05) is 17.7 Å². The molecular weight excluding hydrogens is 264 g/mol. The van der Waals surface area contributed by atoms with Crippen LogP contribution in [-0.2, 0) is 4.79 Å². The number of amides is 1. The Morgan fingerprint density at radius 1 is 1.24 bits per heavy atom. The predicted octanol–water partition coefficient (Wildman–Crippen LogP) is 2.46. The highest BCUT2D eigenvalue weighted by Gasteiger charge is 2.12. The maximum atomic E-state index is 12.1. The van der Waals surface area contributed by atoms with Gasteiger partial charge in [-0.2, -0.15) is 10.5 Å². The van der Waals surface area contributed by atoms with Crippen molar-refractivity contribution in [3.8, 4) is 12.1 Å². The lowest BCUT2D eigenvalue weighted by Crippen LogP contribution is -2.18. The Hall–Kier alpha value is -2.79. The van der Waals surface area contributed by atoms with E-state index >= 15 is 0 Å². The summed E-state index contributed by atoms with van der Waals surface area (Å²) >= 11 is 0. The zero-order chi connectivity index (χ0) is 15.8. The van der Waals surface area contributed by atoms with Crippen LogP contribution in [0, 0.1) is 43.4 Å². The molecule has 0 aliphatic carbocycles. The van der Waals surface area contributed by atoms with Crippen molar-refractivity contribution in [1.82, 2.24) is 5.32 Å². The predicted molar refractivity (Wildman–Crippen MR) is 81.2 cm³/mol. The molecule has 0 atom stereocenters. The number of carbonyl (C=O) groups excluding carboxylic acids is 1. The van der Waals surface area contributed by atoms with Gasteiger partial charge in [-0.3, -0.25) is 4.79 Å². The number of nitriles is 2. The first-order valence-electron chi connectivity index (χ1n) is 6.59. The summed E-state index contributed by atoms with van der Waals surface area (Å²) in [7, 11) is 0. The van der Waals surface area contributed by atoms with E-state index in [-0.39, 0.29) is 5.57 Å². The number of aryl methyl sites for hydroxylation is 3. The molecule has 1 amide bonds. The Morgan fingerprint density at radius 2 is 1.86 bits per heavy atom. The Morgan fingerprint density at radius 3 is 2.38 bits per heavy atom. The molecular formula is C16H18N4O. The van der Waals surface area contributed by atoms with E-state index in [4.69, 9.17) is 10.5 Å². The molecule has 108 valence electrons. The van der Waals surface area contributed by atoms with Gasteiger partial charge in [-0.25, -0.2) is 0 Å². The molecule has 0 heterocycles. The minimum atomic E-state index is -0.461. The van der Waals surface area contributed by atoms with Crippen molar-refractivity contribution in [2.24, 2.45) is 0 Å². The summed E-state index contributed by atoms with van der Waals surface area (Å²) in [6, 6.07) is 7.78. The first-order valence-corrected chi connectivity index (χ1v) is 6.59. The van der Waals surface area contributed by atoms with E-state index in [9.17, 15) is 4.79 Å². The maximum absolute atomic E-state index is 12.1. The highest BCUT2D eigenvalue weighted by Crippen LogP contribution is 2.22. The number of nitrogens with one attached hydrogen (secondary N) is 2. The number of nitrogens with zero attached hydrogens (tertiary/aromatic N) is 2. The minimum absolute atomic E-state index is 0.0210. The fourth-order valence-electron chi connectivity index (χ4n) is 2.01. The van der Waals surface area contributed by atoms with Gasteiger partial charge in [0.1, 0.15) is 11.6 Å². The van der Waals surface area contributed by atoms with Gasteiger partial charge >= 0.3 is 0 Å². The number of hydrogen-bond acceptors (Lipinski definition) is 4. The third kappa shape index (κ3) is 4.67. The summed E-state index contributed by atoms with van der Waals surface area (Å²) < 4.78 is 0. The van der Waals surface area contributed by atoms with Gasteiger partial charge in [0.05, 0.1) is 12.5 Å². The molecule has 0 saturated heterocycles. The molecule has 1 aromatic rings. The van der Waals surface area contributed by atoms with Crippen LogP contribution in [0.4, 0.5) is 5.69 Å². The number of carbonyl (C=O) groups is 1. The summed E-state index contributed by atoms with van der Waals surface area (Å²) in [6.07, 6.45) is 1.65. The normalized spacial score (nSPS) is 10.4. The van der Waals surface area contributed by atoms with Gasteiger partial charge < -0.3 is 10.6 Å². The van der Waals surface area contributed by atoms with E-state index in [1.54, 1.807) is 0 Å². The topological polar surface area (TPSA) is 88.7 Å². The fraction of sp³-hybridized carbons (Fsp3) is 0.312. The molecule has 0 aliphatic rings. The molecule has 5 heteroatoms. The van der Waals surface area contributed by atoms with Crippen LogP contribution in [0.25, 0.3) is 0 Å². The van der Waals surface area contributed by atoms with Gasteiger partial charge in [-0.15, -0.1) is 0 Å². The summed E-state index contributed by atoms with van der Waals surface area (Å²) in [5.74, 6) is -0.461. The van der Waals surface area contributed by atoms with Crippen LogP contribution in [0.5, 0.6) is 0 Å². The van der Waals surface area contributed by atoms with Crippen LogP contribution < -0.4 is 10.6 Å². The third-order valence-corrected chi connectivity index (χ3v) is 2.91. The highest BCUT2D eigenvalue weighted by molar-refractivity contribution is 6.07. The first-order chi connectivity index (χ1) is 9.99. The molecule has 0 bridgehead atoms. The van der Waals surface area contributed by atoms with Gasteiger partial charge in [0, 0.05) is 18.4 Å². The summed E-state index contributed by atoms with van der Waals surface area (Å²) in [6.45, 7) is 6.22. The smallest absolute Gasteiger partial charge is 0.267 e. The van der Waals surface area contributed by atoms with Crippen molar-refractivity contribution >= 4 is 11.6 Å². The lowest BCUT2D eigenvalue weighted by Gasteiger charge is -2.12. The zero-order valence-electron chi connectivity index (χ0n) is 12.4. The van der Waals surface area contributed by atoms with Crippen LogP contribution in [0.2, 0.25) is 0 Å². The molecule has 0 unspecified atom stereocenters. The zero-order valence-corrected chi connectivity index (χ0v) is 12.4. The van der Waals surface area contributed by atoms with E-state index in [1.165, 1.54) is 6.20 Å². The molecule has 0 aliphatic heterocycles. The summed E-state index contributed by atoms with van der Waals surface area (Å²) in [5.41, 5.74) is 3.74. The third-order valence-electron chi connectivity index (χ3n) is 2.91. The van der Waals surface area contributed by atoms with Gasteiger partial charge in [-0.05, 0) is 31.9 Å². The van der Waals surface area contributed by atoms with E-state index in [2.05, 4.69) is 10.6 Å². The number of benzene rings is 1. The molecule has 0 saturated carbocycles. The lowest BCUT2D eigenvalue weighted by atomic mass is 10.0. The van der Waals surface area contributed by atoms with Crippen LogP contribution >= 0.6 is 0 Å². The SMILES string of the molecule is Cc1cc(C)c(NC(=O)/C(C#N)=C\NCCC#N)c(C)c1. The largest absolute Gasteiger partial charge is 0.389 e. The molecule has 5 nitrogen and oxygen atoms in total. The van der Waals surface area contributed by atoms with E-state index < -0.39 is 5.91 Å². The molecule has 0 radical (unpaired) electrons. The molecule has 0 fully saturated rings. The second-order valence-corrected chi connectivity index (χ2v) is 4.76. The van der Waals surface area contributed by atoms with E-state index in [0.29, 0.717) is 13.0 Å². The molecule has 1 rings (SSSR count). The fourth-order valence-corrected chi connectivity index (χ4v) is 2.01. The Labute approximate surface area is 124 Å². The van der Waals surface area contributed by atoms with Gasteiger partial charge in [0.25, 0.3) is 5.91 Å².